The standard InChI is InChI=1S/C21H22F2N4O/c1-27-10-4-5-14(12-27)24-21-16-7-3-2-6-15(16)19(25-26-21)17-9-8-13(20(22)23)11-18(17)28/h2-3,6-9,11,14,20,28H,4-5,10,12H2,1H3,(H,24,26)/t14-/m1/s1. The van der Waals surface area contributed by atoms with E-state index in [0.717, 1.165) is 42.8 Å². The predicted molar refractivity (Wildman–Crippen MR) is 106 cm³/mol. The lowest BCUT2D eigenvalue weighted by Gasteiger charge is -2.30. The average molecular weight is 384 g/mol. The summed E-state index contributed by atoms with van der Waals surface area (Å²) in [6.07, 6.45) is -0.442. The van der Waals surface area contributed by atoms with Crippen LogP contribution < -0.4 is 5.32 Å². The van der Waals surface area contributed by atoms with Gasteiger partial charge in [-0.3, -0.25) is 0 Å². The molecule has 1 atom stereocenters. The number of likely N-dealkylation sites (tertiary alicyclic amines) is 1. The van der Waals surface area contributed by atoms with Crippen LogP contribution in [0.3, 0.4) is 0 Å². The fraction of sp³-hybridized carbons (Fsp3) is 0.333. The van der Waals surface area contributed by atoms with Gasteiger partial charge in [-0.25, -0.2) is 8.78 Å². The van der Waals surface area contributed by atoms with Crippen LogP contribution in [0, 0.1) is 0 Å². The van der Waals surface area contributed by atoms with Gasteiger partial charge in [-0.05, 0) is 38.6 Å². The normalized spacial score (nSPS) is 17.9. The van der Waals surface area contributed by atoms with Crippen LogP contribution in [-0.4, -0.2) is 46.4 Å². The number of aromatic nitrogens is 2. The molecule has 3 aromatic rings. The molecule has 1 saturated heterocycles. The van der Waals surface area contributed by atoms with E-state index < -0.39 is 6.43 Å². The molecule has 0 bridgehead atoms. The number of aromatic hydroxyl groups is 1. The topological polar surface area (TPSA) is 61.3 Å². The van der Waals surface area contributed by atoms with Crippen LogP contribution in [0.25, 0.3) is 22.0 Å². The summed E-state index contributed by atoms with van der Waals surface area (Å²) in [5, 5.41) is 24.2. The Hall–Kier alpha value is -2.80. The molecule has 2 aromatic carbocycles. The maximum atomic E-state index is 12.9. The van der Waals surface area contributed by atoms with E-state index in [4.69, 9.17) is 0 Å². The highest BCUT2D eigenvalue weighted by Crippen LogP contribution is 2.36. The molecule has 0 radical (unpaired) electrons. The van der Waals surface area contributed by atoms with Crippen LogP contribution in [0.5, 0.6) is 5.75 Å². The van der Waals surface area contributed by atoms with E-state index in [2.05, 4.69) is 27.5 Å². The fourth-order valence-electron chi connectivity index (χ4n) is 3.77. The second-order valence-corrected chi connectivity index (χ2v) is 7.27. The van der Waals surface area contributed by atoms with E-state index in [1.165, 1.54) is 12.1 Å². The van der Waals surface area contributed by atoms with E-state index in [-0.39, 0.29) is 11.3 Å². The van der Waals surface area contributed by atoms with Crippen LogP contribution in [0.15, 0.2) is 42.5 Å². The highest BCUT2D eigenvalue weighted by atomic mass is 19.3. The van der Waals surface area contributed by atoms with Gasteiger partial charge >= 0.3 is 0 Å². The summed E-state index contributed by atoms with van der Waals surface area (Å²) in [5.74, 6) is 0.468. The zero-order valence-electron chi connectivity index (χ0n) is 15.6. The maximum Gasteiger partial charge on any atom is 0.263 e. The van der Waals surface area contributed by atoms with E-state index in [1.807, 2.05) is 24.3 Å². The Morgan fingerprint density at radius 3 is 2.64 bits per heavy atom. The summed E-state index contributed by atoms with van der Waals surface area (Å²) < 4.78 is 25.8. The van der Waals surface area contributed by atoms with E-state index >= 15 is 0 Å². The third kappa shape index (κ3) is 3.62. The largest absolute Gasteiger partial charge is 0.507 e. The highest BCUT2D eigenvalue weighted by Gasteiger charge is 2.20. The lowest BCUT2D eigenvalue weighted by molar-refractivity contribution is 0.151. The predicted octanol–water partition coefficient (Wildman–Crippen LogP) is 4.45. The molecule has 0 amide bonds. The Kier molecular flexibility index (Phi) is 5.09. The van der Waals surface area contributed by atoms with Gasteiger partial charge in [0.15, 0.2) is 5.82 Å². The third-order valence-corrected chi connectivity index (χ3v) is 5.18. The summed E-state index contributed by atoms with van der Waals surface area (Å²) >= 11 is 0. The molecule has 2 heterocycles. The number of likely N-dealkylation sites (N-methyl/N-ethyl adjacent to an activating group) is 1. The molecule has 4 rings (SSSR count). The van der Waals surface area contributed by atoms with Gasteiger partial charge in [-0.2, -0.15) is 0 Å². The second-order valence-electron chi connectivity index (χ2n) is 7.27. The van der Waals surface area contributed by atoms with Crippen LogP contribution in [0.2, 0.25) is 0 Å². The summed E-state index contributed by atoms with van der Waals surface area (Å²) in [6.45, 7) is 2.03. The molecule has 1 aliphatic rings. The minimum absolute atomic E-state index is 0.224. The molecule has 0 unspecified atom stereocenters. The Morgan fingerprint density at radius 1 is 1.14 bits per heavy atom. The quantitative estimate of drug-likeness (QED) is 0.696. The van der Waals surface area contributed by atoms with Gasteiger partial charge in [0.2, 0.25) is 0 Å². The molecular formula is C21H22F2N4O. The molecule has 7 heteroatoms. The Morgan fingerprint density at radius 2 is 1.93 bits per heavy atom. The third-order valence-electron chi connectivity index (χ3n) is 5.18. The van der Waals surface area contributed by atoms with Gasteiger partial charge in [-0.1, -0.05) is 30.3 Å². The molecule has 0 spiro atoms. The lowest BCUT2D eigenvalue weighted by Crippen LogP contribution is -2.40. The molecule has 0 saturated carbocycles. The Bertz CT molecular complexity index is 995. The number of nitrogens with zero attached hydrogens (tertiary/aromatic N) is 3. The zero-order chi connectivity index (χ0) is 19.7. The number of hydrogen-bond acceptors (Lipinski definition) is 5. The molecule has 1 aromatic heterocycles. The van der Waals surface area contributed by atoms with Crippen molar-refractivity contribution in [2.75, 3.05) is 25.5 Å². The lowest BCUT2D eigenvalue weighted by atomic mass is 10.0. The van der Waals surface area contributed by atoms with Crippen LogP contribution >= 0.6 is 0 Å². The van der Waals surface area contributed by atoms with Crippen molar-refractivity contribution in [2.45, 2.75) is 25.3 Å². The number of hydrogen-bond donors (Lipinski definition) is 2. The minimum atomic E-state index is -2.64. The van der Waals surface area contributed by atoms with Gasteiger partial charge in [0.25, 0.3) is 6.43 Å². The number of phenols is 1. The molecule has 28 heavy (non-hydrogen) atoms. The second kappa shape index (κ2) is 7.67. The molecule has 0 aliphatic carbocycles. The summed E-state index contributed by atoms with van der Waals surface area (Å²) in [7, 11) is 2.10. The van der Waals surface area contributed by atoms with Crippen molar-refractivity contribution >= 4 is 16.6 Å². The molecule has 1 aliphatic heterocycles. The van der Waals surface area contributed by atoms with Gasteiger partial charge in [0.05, 0.1) is 0 Å². The SMILES string of the molecule is CN1CCC[C@@H](Nc2nnc(-c3ccc(C(F)F)cc3O)c3ccccc23)C1. The van der Waals surface area contributed by atoms with Crippen LogP contribution in [0.4, 0.5) is 14.6 Å². The maximum absolute atomic E-state index is 12.9. The number of halogens is 2. The highest BCUT2D eigenvalue weighted by molar-refractivity contribution is 6.00. The van der Waals surface area contributed by atoms with Crippen molar-refractivity contribution in [3.8, 4) is 17.0 Å². The van der Waals surface area contributed by atoms with E-state index in [1.54, 1.807) is 0 Å². The first kappa shape index (κ1) is 18.6. The van der Waals surface area contributed by atoms with Crippen LogP contribution in [-0.2, 0) is 0 Å². The number of benzene rings is 2. The molecule has 5 nitrogen and oxygen atoms in total. The Labute approximate surface area is 162 Å². The number of nitrogens with one attached hydrogen (secondary N) is 1. The summed E-state index contributed by atoms with van der Waals surface area (Å²) in [6, 6.07) is 11.8. The van der Waals surface area contributed by atoms with Crippen molar-refractivity contribution < 1.29 is 13.9 Å². The van der Waals surface area contributed by atoms with Crippen molar-refractivity contribution in [3.05, 3.63) is 48.0 Å². The number of fused-ring (bicyclic) bond motifs is 1. The van der Waals surface area contributed by atoms with Gasteiger partial charge in [0, 0.05) is 34.5 Å². The van der Waals surface area contributed by atoms with Crippen molar-refractivity contribution in [2.24, 2.45) is 0 Å². The fourth-order valence-corrected chi connectivity index (χ4v) is 3.77. The first-order valence-electron chi connectivity index (χ1n) is 9.35. The minimum Gasteiger partial charge on any atom is -0.507 e. The first-order chi connectivity index (χ1) is 13.5. The van der Waals surface area contributed by atoms with Crippen molar-refractivity contribution in [1.82, 2.24) is 15.1 Å². The molecule has 146 valence electrons. The molecular weight excluding hydrogens is 362 g/mol. The molecule has 2 N–H and O–H groups in total. The van der Waals surface area contributed by atoms with Gasteiger partial charge in [0.1, 0.15) is 11.4 Å². The zero-order valence-corrected chi connectivity index (χ0v) is 15.6. The van der Waals surface area contributed by atoms with Gasteiger partial charge in [-0.15, -0.1) is 10.2 Å². The monoisotopic (exact) mass is 384 g/mol. The first-order valence-corrected chi connectivity index (χ1v) is 9.35. The van der Waals surface area contributed by atoms with Gasteiger partial charge < -0.3 is 15.3 Å². The number of rotatable bonds is 4. The number of anilines is 1. The molecule has 1 fully saturated rings. The van der Waals surface area contributed by atoms with Crippen molar-refractivity contribution in [1.29, 1.82) is 0 Å². The average Bonchev–Trinajstić information content (AvgIpc) is 2.68. The number of piperidine rings is 1. The van der Waals surface area contributed by atoms with Crippen LogP contribution in [0.1, 0.15) is 24.8 Å². The number of alkyl halides is 2. The summed E-state index contributed by atoms with van der Waals surface area (Å²) in [5.41, 5.74) is 0.635. The van der Waals surface area contributed by atoms with E-state index in [9.17, 15) is 13.9 Å². The van der Waals surface area contributed by atoms with E-state index in [0.29, 0.717) is 23.1 Å². The Balaban J connectivity index is 1.74. The number of phenolic OH excluding ortho intramolecular Hbond substituents is 1. The van der Waals surface area contributed by atoms with Crippen molar-refractivity contribution in [3.63, 3.8) is 0 Å². The summed E-state index contributed by atoms with van der Waals surface area (Å²) in [4.78, 5) is 2.29. The smallest absolute Gasteiger partial charge is 0.263 e.